The predicted molar refractivity (Wildman–Crippen MR) is 112 cm³/mol. The van der Waals surface area contributed by atoms with Crippen molar-refractivity contribution in [1.29, 1.82) is 0 Å². The highest BCUT2D eigenvalue weighted by atomic mass is 127. The number of rotatable bonds is 9. The summed E-state index contributed by atoms with van der Waals surface area (Å²) in [7, 11) is 3.45. The number of methoxy groups -OCH3 is 1. The van der Waals surface area contributed by atoms with Crippen molar-refractivity contribution in [3.05, 3.63) is 23.8 Å². The van der Waals surface area contributed by atoms with Gasteiger partial charge in [0.05, 0.1) is 13.7 Å². The van der Waals surface area contributed by atoms with Gasteiger partial charge in [-0.25, -0.2) is 0 Å². The van der Waals surface area contributed by atoms with Crippen molar-refractivity contribution in [2.75, 3.05) is 27.3 Å². The summed E-state index contributed by atoms with van der Waals surface area (Å²) in [5, 5.41) is 6.73. The molecular weight excluding hydrogens is 417 g/mol. The molecule has 24 heavy (non-hydrogen) atoms. The van der Waals surface area contributed by atoms with E-state index < -0.39 is 0 Å². The Hall–Kier alpha value is -1.18. The van der Waals surface area contributed by atoms with Crippen molar-refractivity contribution >= 4 is 29.9 Å². The SMILES string of the molecule is CCOc1cc(CNC(=NC)NCC(CC)CC)ccc1OC.I. The van der Waals surface area contributed by atoms with Crippen LogP contribution in [0.5, 0.6) is 11.5 Å². The summed E-state index contributed by atoms with van der Waals surface area (Å²) in [6.45, 7) is 8.66. The van der Waals surface area contributed by atoms with Gasteiger partial charge in [0.1, 0.15) is 0 Å². The van der Waals surface area contributed by atoms with Crippen molar-refractivity contribution in [3.8, 4) is 11.5 Å². The van der Waals surface area contributed by atoms with E-state index in [4.69, 9.17) is 9.47 Å². The molecule has 0 unspecified atom stereocenters. The first-order valence-electron chi connectivity index (χ1n) is 8.42. The average Bonchev–Trinajstić information content (AvgIpc) is 2.58. The van der Waals surface area contributed by atoms with Gasteiger partial charge in [0.15, 0.2) is 17.5 Å². The van der Waals surface area contributed by atoms with Gasteiger partial charge < -0.3 is 20.1 Å². The zero-order valence-corrected chi connectivity index (χ0v) is 17.8. The molecule has 138 valence electrons. The Balaban J connectivity index is 0.00000529. The van der Waals surface area contributed by atoms with Gasteiger partial charge >= 0.3 is 0 Å². The van der Waals surface area contributed by atoms with Crippen molar-refractivity contribution in [2.45, 2.75) is 40.2 Å². The zero-order chi connectivity index (χ0) is 17.1. The van der Waals surface area contributed by atoms with Crippen LogP contribution in [0, 0.1) is 5.92 Å². The fourth-order valence-corrected chi connectivity index (χ4v) is 2.32. The highest BCUT2D eigenvalue weighted by Gasteiger charge is 2.07. The van der Waals surface area contributed by atoms with Crippen LogP contribution in [0.1, 0.15) is 39.2 Å². The fraction of sp³-hybridized carbons (Fsp3) is 0.611. The smallest absolute Gasteiger partial charge is 0.191 e. The van der Waals surface area contributed by atoms with E-state index in [1.807, 2.05) is 25.1 Å². The maximum atomic E-state index is 5.61. The molecule has 6 heteroatoms. The minimum absolute atomic E-state index is 0. The van der Waals surface area contributed by atoms with Gasteiger partial charge in [-0.05, 0) is 30.5 Å². The topological polar surface area (TPSA) is 54.9 Å². The lowest BCUT2D eigenvalue weighted by atomic mass is 10.0. The van der Waals surface area contributed by atoms with Gasteiger partial charge in [-0.1, -0.05) is 32.8 Å². The molecule has 0 saturated carbocycles. The van der Waals surface area contributed by atoms with Crippen molar-refractivity contribution in [3.63, 3.8) is 0 Å². The van der Waals surface area contributed by atoms with Crippen LogP contribution in [-0.4, -0.2) is 33.3 Å². The molecule has 1 aromatic carbocycles. The van der Waals surface area contributed by atoms with E-state index in [0.717, 1.165) is 29.6 Å². The highest BCUT2D eigenvalue weighted by Crippen LogP contribution is 2.27. The van der Waals surface area contributed by atoms with Crippen LogP contribution >= 0.6 is 24.0 Å². The highest BCUT2D eigenvalue weighted by molar-refractivity contribution is 14.0. The number of nitrogens with zero attached hydrogens (tertiary/aromatic N) is 1. The molecule has 2 N–H and O–H groups in total. The first-order chi connectivity index (χ1) is 11.2. The molecule has 0 radical (unpaired) electrons. The largest absolute Gasteiger partial charge is 0.493 e. The molecular formula is C18H32IN3O2. The second kappa shape index (κ2) is 13.1. The lowest BCUT2D eigenvalue weighted by molar-refractivity contribution is 0.310. The van der Waals surface area contributed by atoms with Gasteiger partial charge in [-0.2, -0.15) is 0 Å². The molecule has 0 aliphatic heterocycles. The fourth-order valence-electron chi connectivity index (χ4n) is 2.32. The summed E-state index contributed by atoms with van der Waals surface area (Å²) in [6.07, 6.45) is 2.35. The van der Waals surface area contributed by atoms with Crippen LogP contribution in [-0.2, 0) is 6.54 Å². The van der Waals surface area contributed by atoms with Crippen molar-refractivity contribution in [2.24, 2.45) is 10.9 Å². The maximum Gasteiger partial charge on any atom is 0.191 e. The minimum Gasteiger partial charge on any atom is -0.493 e. The Kier molecular flexibility index (Phi) is 12.5. The van der Waals surface area contributed by atoms with Crippen LogP contribution < -0.4 is 20.1 Å². The predicted octanol–water partition coefficient (Wildman–Crippen LogP) is 3.81. The summed E-state index contributed by atoms with van der Waals surface area (Å²) < 4.78 is 10.9. The van der Waals surface area contributed by atoms with Gasteiger partial charge in [0.2, 0.25) is 0 Å². The second-order valence-electron chi connectivity index (χ2n) is 5.41. The number of benzene rings is 1. The van der Waals surface area contributed by atoms with E-state index >= 15 is 0 Å². The standard InChI is InChI=1S/C18H31N3O2.HI/c1-6-14(7-2)12-20-18(19-4)21-13-15-9-10-16(22-5)17(11-15)23-8-3;/h9-11,14H,6-8,12-13H2,1-5H3,(H2,19,20,21);1H. The van der Waals surface area contributed by atoms with Crippen LogP contribution in [0.2, 0.25) is 0 Å². The van der Waals surface area contributed by atoms with E-state index in [-0.39, 0.29) is 24.0 Å². The van der Waals surface area contributed by atoms with Crippen LogP contribution in [0.4, 0.5) is 0 Å². The molecule has 0 saturated heterocycles. The number of halogens is 1. The van der Waals surface area contributed by atoms with E-state index in [1.165, 1.54) is 12.8 Å². The average molecular weight is 449 g/mol. The molecule has 0 atom stereocenters. The normalized spacial score (nSPS) is 11.0. The number of hydrogen-bond acceptors (Lipinski definition) is 3. The molecule has 0 amide bonds. The van der Waals surface area contributed by atoms with E-state index in [1.54, 1.807) is 14.2 Å². The summed E-state index contributed by atoms with van der Waals surface area (Å²) >= 11 is 0. The van der Waals surface area contributed by atoms with Crippen molar-refractivity contribution in [1.82, 2.24) is 10.6 Å². The number of aliphatic imine (C=N–C) groups is 1. The third kappa shape index (κ3) is 7.59. The summed E-state index contributed by atoms with van der Waals surface area (Å²) in [6, 6.07) is 5.97. The maximum absolute atomic E-state index is 5.61. The van der Waals surface area contributed by atoms with Gasteiger partial charge in [-0.3, -0.25) is 4.99 Å². The van der Waals surface area contributed by atoms with Crippen LogP contribution in [0.25, 0.3) is 0 Å². The minimum atomic E-state index is 0. The lowest BCUT2D eigenvalue weighted by Gasteiger charge is -2.17. The Morgan fingerprint density at radius 3 is 2.38 bits per heavy atom. The van der Waals surface area contributed by atoms with Crippen LogP contribution in [0.15, 0.2) is 23.2 Å². The molecule has 1 aromatic rings. The molecule has 0 bridgehead atoms. The first kappa shape index (κ1) is 22.8. The number of nitrogens with one attached hydrogen (secondary N) is 2. The number of ether oxygens (including phenoxy) is 2. The third-order valence-electron chi connectivity index (χ3n) is 3.92. The van der Waals surface area contributed by atoms with Gasteiger partial charge in [0.25, 0.3) is 0 Å². The van der Waals surface area contributed by atoms with Crippen molar-refractivity contribution < 1.29 is 9.47 Å². The zero-order valence-electron chi connectivity index (χ0n) is 15.5. The summed E-state index contributed by atoms with van der Waals surface area (Å²) in [5.41, 5.74) is 1.12. The molecule has 1 rings (SSSR count). The molecule has 0 fully saturated rings. The Labute approximate surface area is 163 Å². The quantitative estimate of drug-likeness (QED) is 0.342. The van der Waals surface area contributed by atoms with Crippen LogP contribution in [0.3, 0.4) is 0 Å². The van der Waals surface area contributed by atoms with Gasteiger partial charge in [-0.15, -0.1) is 24.0 Å². The second-order valence-corrected chi connectivity index (χ2v) is 5.41. The molecule has 0 heterocycles. The molecule has 5 nitrogen and oxygen atoms in total. The van der Waals surface area contributed by atoms with E-state index in [0.29, 0.717) is 19.1 Å². The third-order valence-corrected chi connectivity index (χ3v) is 3.92. The van der Waals surface area contributed by atoms with E-state index in [9.17, 15) is 0 Å². The number of hydrogen-bond donors (Lipinski definition) is 2. The Morgan fingerprint density at radius 1 is 1.12 bits per heavy atom. The molecule has 0 aliphatic rings. The first-order valence-corrected chi connectivity index (χ1v) is 8.42. The molecule has 0 spiro atoms. The lowest BCUT2D eigenvalue weighted by Crippen LogP contribution is -2.39. The Bertz CT molecular complexity index is 491. The van der Waals surface area contributed by atoms with Gasteiger partial charge in [0, 0.05) is 20.1 Å². The van der Waals surface area contributed by atoms with E-state index in [2.05, 4.69) is 29.5 Å². The summed E-state index contributed by atoms with van der Waals surface area (Å²) in [5.74, 6) is 3.03. The Morgan fingerprint density at radius 2 is 1.83 bits per heavy atom. The molecule has 0 aromatic heterocycles. The summed E-state index contributed by atoms with van der Waals surface area (Å²) in [4.78, 5) is 4.27. The monoisotopic (exact) mass is 449 g/mol. The molecule has 0 aliphatic carbocycles. The number of guanidine groups is 1.